The van der Waals surface area contributed by atoms with Gasteiger partial charge < -0.3 is 25.3 Å². The van der Waals surface area contributed by atoms with Crippen molar-refractivity contribution in [3.63, 3.8) is 0 Å². The number of nitrogens with zero attached hydrogens (tertiary/aromatic N) is 1. The molecule has 0 saturated heterocycles. The van der Waals surface area contributed by atoms with Crippen LogP contribution in [0.25, 0.3) is 10.9 Å². The first-order valence-corrected chi connectivity index (χ1v) is 12.6. The molecule has 1 amide bonds. The van der Waals surface area contributed by atoms with E-state index in [0.717, 1.165) is 0 Å². The zero-order valence-electron chi connectivity index (χ0n) is 19.6. The van der Waals surface area contributed by atoms with E-state index in [4.69, 9.17) is 19.9 Å². The van der Waals surface area contributed by atoms with E-state index in [0.29, 0.717) is 58.3 Å². The molecule has 0 unspecified atom stereocenters. The number of nitrogens with two attached hydrogens (primary N) is 1. The minimum atomic E-state index is -3.89. The zero-order valence-corrected chi connectivity index (χ0v) is 20.4. The van der Waals surface area contributed by atoms with Gasteiger partial charge in [0.1, 0.15) is 19.0 Å². The Kier molecular flexibility index (Phi) is 5.89. The van der Waals surface area contributed by atoms with Crippen molar-refractivity contribution in [1.82, 2.24) is 4.98 Å². The fourth-order valence-electron chi connectivity index (χ4n) is 4.12. The van der Waals surface area contributed by atoms with Gasteiger partial charge in [0.25, 0.3) is 5.91 Å². The number of hydrogen-bond acceptors (Lipinski definition) is 8. The number of amides is 1. The highest BCUT2D eigenvalue weighted by Gasteiger charge is 2.24. The number of aryl methyl sites for hydroxylation is 1. The van der Waals surface area contributed by atoms with Crippen molar-refractivity contribution in [2.45, 2.75) is 16.7 Å². The molecular formula is C26H23N3O6S. The van der Waals surface area contributed by atoms with E-state index >= 15 is 0 Å². The topological polar surface area (TPSA) is 130 Å². The van der Waals surface area contributed by atoms with E-state index in [1.807, 2.05) is 0 Å². The Hall–Kier alpha value is -4.31. The molecule has 1 aliphatic heterocycles. The number of pyridine rings is 1. The van der Waals surface area contributed by atoms with Gasteiger partial charge in [0.2, 0.25) is 9.84 Å². The molecule has 0 aliphatic carbocycles. The highest BCUT2D eigenvalue weighted by atomic mass is 32.2. The first-order chi connectivity index (χ1) is 17.3. The number of para-hydroxylation sites is 1. The lowest BCUT2D eigenvalue weighted by Gasteiger charge is -2.22. The number of primary amides is 1. The lowest BCUT2D eigenvalue weighted by molar-refractivity contribution is 0.100. The van der Waals surface area contributed by atoms with Gasteiger partial charge in [-0.15, -0.1) is 0 Å². The minimum Gasteiger partial charge on any atom is -0.497 e. The van der Waals surface area contributed by atoms with Crippen molar-refractivity contribution >= 4 is 38.0 Å². The molecule has 0 spiro atoms. The molecule has 3 N–H and O–H groups in total. The molecule has 0 atom stereocenters. The van der Waals surface area contributed by atoms with Crippen LogP contribution in [0, 0.1) is 6.92 Å². The lowest BCUT2D eigenvalue weighted by Crippen LogP contribution is -2.17. The summed E-state index contributed by atoms with van der Waals surface area (Å²) < 4.78 is 43.6. The van der Waals surface area contributed by atoms with E-state index in [1.54, 1.807) is 43.3 Å². The summed E-state index contributed by atoms with van der Waals surface area (Å²) in [6.07, 6.45) is 1.38. The van der Waals surface area contributed by atoms with Crippen molar-refractivity contribution in [3.05, 3.63) is 71.9 Å². The van der Waals surface area contributed by atoms with Crippen LogP contribution in [0.2, 0.25) is 0 Å². The van der Waals surface area contributed by atoms with Crippen molar-refractivity contribution in [2.75, 3.05) is 25.6 Å². The van der Waals surface area contributed by atoms with E-state index in [9.17, 15) is 13.2 Å². The maximum Gasteiger partial charge on any atom is 0.252 e. The number of benzene rings is 3. The van der Waals surface area contributed by atoms with Crippen molar-refractivity contribution in [1.29, 1.82) is 0 Å². The fourth-order valence-corrected chi connectivity index (χ4v) is 5.49. The van der Waals surface area contributed by atoms with Crippen LogP contribution in [-0.2, 0) is 9.84 Å². The maximum absolute atomic E-state index is 13.5. The molecule has 5 rings (SSSR count). The monoisotopic (exact) mass is 505 g/mol. The molecule has 0 bridgehead atoms. The van der Waals surface area contributed by atoms with E-state index in [1.165, 1.54) is 31.5 Å². The molecule has 1 aromatic heterocycles. The summed E-state index contributed by atoms with van der Waals surface area (Å²) in [5.41, 5.74) is 7.79. The van der Waals surface area contributed by atoms with Crippen LogP contribution in [0.15, 0.2) is 70.6 Å². The molecule has 0 fully saturated rings. The van der Waals surface area contributed by atoms with Crippen LogP contribution in [0.3, 0.4) is 0 Å². The largest absolute Gasteiger partial charge is 0.497 e. The molecule has 1 aliphatic rings. The summed E-state index contributed by atoms with van der Waals surface area (Å²) in [5.74, 6) is 0.879. The summed E-state index contributed by atoms with van der Waals surface area (Å²) in [4.78, 5) is 16.9. The van der Waals surface area contributed by atoms with Gasteiger partial charge in [0, 0.05) is 11.6 Å². The van der Waals surface area contributed by atoms with Crippen LogP contribution in [0.1, 0.15) is 15.9 Å². The van der Waals surface area contributed by atoms with Gasteiger partial charge in [-0.1, -0.05) is 6.07 Å². The number of anilines is 2. The van der Waals surface area contributed by atoms with Gasteiger partial charge in [-0.3, -0.25) is 9.78 Å². The summed E-state index contributed by atoms with van der Waals surface area (Å²) >= 11 is 0. The molecule has 2 heterocycles. The van der Waals surface area contributed by atoms with Gasteiger partial charge in [-0.2, -0.15) is 0 Å². The molecule has 10 heteroatoms. The lowest BCUT2D eigenvalue weighted by atomic mass is 10.0. The third kappa shape index (κ3) is 4.05. The Bertz CT molecular complexity index is 1600. The number of rotatable bonds is 6. The summed E-state index contributed by atoms with van der Waals surface area (Å²) in [6.45, 7) is 2.55. The Labute approximate surface area is 207 Å². The third-order valence-corrected chi connectivity index (χ3v) is 7.66. The minimum absolute atomic E-state index is 0.0545. The van der Waals surface area contributed by atoms with Crippen LogP contribution >= 0.6 is 0 Å². The van der Waals surface area contributed by atoms with Crippen molar-refractivity contribution < 1.29 is 27.4 Å². The molecular weight excluding hydrogens is 482 g/mol. The number of carbonyl (C=O) groups is 1. The molecule has 184 valence electrons. The molecule has 0 saturated carbocycles. The van der Waals surface area contributed by atoms with E-state index in [2.05, 4.69) is 10.3 Å². The van der Waals surface area contributed by atoms with E-state index < -0.39 is 15.7 Å². The molecule has 36 heavy (non-hydrogen) atoms. The number of hydrogen-bond donors (Lipinski definition) is 2. The smallest absolute Gasteiger partial charge is 0.252 e. The predicted octanol–water partition coefficient (Wildman–Crippen LogP) is 4.00. The van der Waals surface area contributed by atoms with Crippen LogP contribution in [0.5, 0.6) is 17.2 Å². The van der Waals surface area contributed by atoms with Crippen molar-refractivity contribution in [2.24, 2.45) is 5.73 Å². The van der Waals surface area contributed by atoms with Gasteiger partial charge in [-0.25, -0.2) is 8.42 Å². The molecule has 0 radical (unpaired) electrons. The van der Waals surface area contributed by atoms with Crippen LogP contribution in [-0.4, -0.2) is 39.6 Å². The number of sulfone groups is 1. The van der Waals surface area contributed by atoms with Gasteiger partial charge in [0.05, 0.1) is 39.4 Å². The fraction of sp³-hybridized carbons (Fsp3) is 0.154. The second-order valence-electron chi connectivity index (χ2n) is 8.18. The summed E-state index contributed by atoms with van der Waals surface area (Å²) in [7, 11) is -2.38. The molecule has 9 nitrogen and oxygen atoms in total. The summed E-state index contributed by atoms with van der Waals surface area (Å²) in [5, 5.41) is 3.65. The first-order valence-electron chi connectivity index (χ1n) is 11.1. The number of methoxy groups -OCH3 is 1. The maximum atomic E-state index is 13.5. The first kappa shape index (κ1) is 23.4. The Morgan fingerprint density at radius 2 is 1.81 bits per heavy atom. The highest BCUT2D eigenvalue weighted by molar-refractivity contribution is 7.91. The molecule has 3 aromatic carbocycles. The SMILES string of the molecule is COc1ccc(S(=O)(=O)c2cc(C)c3ncc(C(N)=O)c(Nc4cccc5c4OCCO5)c3c2)cc1. The third-order valence-electron chi connectivity index (χ3n) is 5.91. The van der Waals surface area contributed by atoms with Crippen LogP contribution < -0.4 is 25.3 Å². The Morgan fingerprint density at radius 3 is 2.53 bits per heavy atom. The van der Waals surface area contributed by atoms with Crippen molar-refractivity contribution in [3.8, 4) is 17.2 Å². The second-order valence-corrected chi connectivity index (χ2v) is 10.1. The zero-order chi connectivity index (χ0) is 25.4. The summed E-state index contributed by atoms with van der Waals surface area (Å²) in [6, 6.07) is 14.5. The number of aromatic nitrogens is 1. The number of ether oxygens (including phenoxy) is 3. The molecule has 4 aromatic rings. The standard InChI is InChI=1S/C26H23N3O6S/c1-15-12-18(36(31,32)17-8-6-16(33-2)7-9-17)13-19-23(15)28-14-20(26(27)30)24(19)29-21-4-3-5-22-25(21)35-11-10-34-22/h3-9,12-14H,10-11H2,1-2H3,(H2,27,30)(H,28,29). The Morgan fingerprint density at radius 1 is 1.06 bits per heavy atom. The van der Waals surface area contributed by atoms with Gasteiger partial charge in [-0.05, 0) is 61.0 Å². The number of nitrogens with one attached hydrogen (secondary N) is 1. The van der Waals surface area contributed by atoms with Crippen LogP contribution in [0.4, 0.5) is 11.4 Å². The second kappa shape index (κ2) is 9.04. The highest BCUT2D eigenvalue weighted by Crippen LogP contribution is 2.41. The normalized spacial score (nSPS) is 12.8. The number of carbonyl (C=O) groups excluding carboxylic acids is 1. The predicted molar refractivity (Wildman–Crippen MR) is 134 cm³/mol. The van der Waals surface area contributed by atoms with E-state index in [-0.39, 0.29) is 15.4 Å². The quantitative estimate of drug-likeness (QED) is 0.402. The average molecular weight is 506 g/mol. The Balaban J connectivity index is 1.70. The van der Waals surface area contributed by atoms with Gasteiger partial charge >= 0.3 is 0 Å². The number of fused-ring (bicyclic) bond motifs is 2. The van der Waals surface area contributed by atoms with Gasteiger partial charge in [0.15, 0.2) is 11.5 Å². The average Bonchev–Trinajstić information content (AvgIpc) is 2.89.